The molecule has 0 unspecified atom stereocenters. The molecule has 1 fully saturated rings. The molecule has 0 spiro atoms. The van der Waals surface area contributed by atoms with Crippen molar-refractivity contribution < 1.29 is 14.3 Å². The van der Waals surface area contributed by atoms with E-state index in [1.54, 1.807) is 0 Å². The second-order valence-electron chi connectivity index (χ2n) is 7.62. The van der Waals surface area contributed by atoms with Crippen LogP contribution in [-0.2, 0) is 16.1 Å². The van der Waals surface area contributed by atoms with Crippen LogP contribution in [0.5, 0.6) is 0 Å². The summed E-state index contributed by atoms with van der Waals surface area (Å²) in [5.41, 5.74) is 1.92. The molecular weight excluding hydrogens is 398 g/mol. The molecule has 158 valence electrons. The van der Waals surface area contributed by atoms with E-state index in [0.29, 0.717) is 0 Å². The minimum atomic E-state index is -0.136. The van der Waals surface area contributed by atoms with Gasteiger partial charge in [-0.25, -0.2) is 0 Å². The summed E-state index contributed by atoms with van der Waals surface area (Å²) in [6, 6.07) is 11.8. The number of nitrogens with zero attached hydrogens (tertiary/aromatic N) is 2. The van der Waals surface area contributed by atoms with Crippen LogP contribution in [0.2, 0.25) is 0 Å². The van der Waals surface area contributed by atoms with Crippen molar-refractivity contribution >= 4 is 39.6 Å². The molecule has 1 aliphatic heterocycles. The second-order valence-corrected chi connectivity index (χ2v) is 8.91. The lowest BCUT2D eigenvalue weighted by Crippen LogP contribution is -2.38. The van der Waals surface area contributed by atoms with Crippen LogP contribution in [0, 0.1) is 6.92 Å². The summed E-state index contributed by atoms with van der Waals surface area (Å²) in [4.78, 5) is 28.7. The number of carbonyl (C=O) groups excluding carboxylic acids is 2. The zero-order valence-electron chi connectivity index (χ0n) is 17.2. The smallest absolute Gasteiger partial charge is 0.224 e. The monoisotopic (exact) mass is 425 g/mol. The van der Waals surface area contributed by atoms with E-state index >= 15 is 0 Å². The molecule has 1 aliphatic rings. The lowest BCUT2D eigenvalue weighted by Gasteiger charge is -2.26. The normalized spacial score (nSPS) is 14.8. The van der Waals surface area contributed by atoms with Gasteiger partial charge in [-0.2, -0.15) is 0 Å². The van der Waals surface area contributed by atoms with Gasteiger partial charge in [-0.05, 0) is 43.3 Å². The fourth-order valence-electron chi connectivity index (χ4n) is 3.70. The maximum Gasteiger partial charge on any atom is 0.224 e. The van der Waals surface area contributed by atoms with Gasteiger partial charge in [0.2, 0.25) is 5.91 Å². The molecule has 0 bridgehead atoms. The number of carbonyl (C=O) groups is 2. The molecule has 6 nitrogen and oxygen atoms in total. The lowest BCUT2D eigenvalue weighted by molar-refractivity contribution is -0.116. The number of thiophene rings is 1. The van der Waals surface area contributed by atoms with Crippen molar-refractivity contribution in [3.8, 4) is 0 Å². The highest BCUT2D eigenvalue weighted by Crippen LogP contribution is 2.22. The molecule has 0 atom stereocenters. The molecule has 0 saturated carbocycles. The Morgan fingerprint density at radius 1 is 1.07 bits per heavy atom. The SMILES string of the molecule is Cc1ccc(C(=O)CCC(=O)Nc2ccc3c(ccn3CCN3CCOCC3)c2)s1. The number of aromatic nitrogens is 1. The van der Waals surface area contributed by atoms with Crippen LogP contribution in [0.15, 0.2) is 42.6 Å². The summed E-state index contributed by atoms with van der Waals surface area (Å²) in [7, 11) is 0. The Morgan fingerprint density at radius 3 is 2.67 bits per heavy atom. The van der Waals surface area contributed by atoms with E-state index in [2.05, 4.69) is 27.0 Å². The van der Waals surface area contributed by atoms with E-state index in [4.69, 9.17) is 4.74 Å². The van der Waals surface area contributed by atoms with E-state index in [-0.39, 0.29) is 24.5 Å². The molecule has 1 saturated heterocycles. The minimum absolute atomic E-state index is 0.0241. The van der Waals surface area contributed by atoms with E-state index < -0.39 is 0 Å². The quantitative estimate of drug-likeness (QED) is 0.555. The predicted octanol–water partition coefficient (Wildman–Crippen LogP) is 3.95. The van der Waals surface area contributed by atoms with Crippen LogP contribution in [0.3, 0.4) is 0 Å². The van der Waals surface area contributed by atoms with Crippen molar-refractivity contribution in [1.82, 2.24) is 9.47 Å². The average Bonchev–Trinajstić information content (AvgIpc) is 3.37. The van der Waals surface area contributed by atoms with Crippen LogP contribution < -0.4 is 5.32 Å². The van der Waals surface area contributed by atoms with Gasteiger partial charge in [0.15, 0.2) is 5.78 Å². The van der Waals surface area contributed by atoms with Crippen LogP contribution in [0.25, 0.3) is 10.9 Å². The molecule has 2 aromatic heterocycles. The number of hydrogen-bond acceptors (Lipinski definition) is 5. The van der Waals surface area contributed by atoms with Gasteiger partial charge in [-0.3, -0.25) is 14.5 Å². The number of nitrogens with one attached hydrogen (secondary N) is 1. The number of aryl methyl sites for hydroxylation is 1. The third-order valence-electron chi connectivity index (χ3n) is 5.41. The fourth-order valence-corrected chi connectivity index (χ4v) is 4.54. The van der Waals surface area contributed by atoms with E-state index in [9.17, 15) is 9.59 Å². The van der Waals surface area contributed by atoms with Gasteiger partial charge in [0.05, 0.1) is 18.1 Å². The topological polar surface area (TPSA) is 63.6 Å². The van der Waals surface area contributed by atoms with E-state index in [0.717, 1.165) is 65.7 Å². The van der Waals surface area contributed by atoms with E-state index in [1.807, 2.05) is 37.3 Å². The Labute approximate surface area is 180 Å². The molecule has 30 heavy (non-hydrogen) atoms. The summed E-state index contributed by atoms with van der Waals surface area (Å²) < 4.78 is 7.65. The lowest BCUT2D eigenvalue weighted by atomic mass is 10.1. The highest BCUT2D eigenvalue weighted by Gasteiger charge is 2.13. The van der Waals surface area contributed by atoms with Gasteiger partial charge in [0.25, 0.3) is 0 Å². The zero-order chi connectivity index (χ0) is 20.9. The van der Waals surface area contributed by atoms with Gasteiger partial charge < -0.3 is 14.6 Å². The molecule has 0 radical (unpaired) electrons. The number of fused-ring (bicyclic) bond motifs is 1. The first-order valence-electron chi connectivity index (χ1n) is 10.4. The third kappa shape index (κ3) is 5.16. The first-order valence-corrected chi connectivity index (χ1v) is 11.2. The van der Waals surface area contributed by atoms with E-state index in [1.165, 1.54) is 11.3 Å². The molecule has 1 amide bonds. The molecule has 1 aromatic carbocycles. The molecule has 7 heteroatoms. The Kier molecular flexibility index (Phi) is 6.62. The molecule has 0 aliphatic carbocycles. The molecule has 3 heterocycles. The van der Waals surface area contributed by atoms with Crippen LogP contribution in [0.4, 0.5) is 5.69 Å². The van der Waals surface area contributed by atoms with Crippen molar-refractivity contribution in [2.24, 2.45) is 0 Å². The van der Waals surface area contributed by atoms with Gasteiger partial charge >= 0.3 is 0 Å². The summed E-state index contributed by atoms with van der Waals surface area (Å²) in [6.07, 6.45) is 2.51. The first kappa shape index (κ1) is 20.8. The average molecular weight is 426 g/mol. The minimum Gasteiger partial charge on any atom is -0.379 e. The summed E-state index contributed by atoms with van der Waals surface area (Å²) in [6.45, 7) is 7.51. The van der Waals surface area contributed by atoms with Crippen molar-refractivity contribution in [2.45, 2.75) is 26.3 Å². The zero-order valence-corrected chi connectivity index (χ0v) is 18.0. The van der Waals surface area contributed by atoms with Crippen molar-refractivity contribution in [2.75, 3.05) is 38.2 Å². The number of rotatable bonds is 8. The standard InChI is InChI=1S/C23H27N3O3S/c1-17-2-6-22(30-17)21(27)5-7-23(28)24-19-3-4-20-18(16-19)8-9-26(20)11-10-25-12-14-29-15-13-25/h2-4,6,8-9,16H,5,7,10-15H2,1H3,(H,24,28). The number of ketones is 1. The Bertz CT molecular complexity index is 1030. The number of anilines is 1. The van der Waals surface area contributed by atoms with Crippen LogP contribution >= 0.6 is 11.3 Å². The third-order valence-corrected chi connectivity index (χ3v) is 6.45. The highest BCUT2D eigenvalue weighted by atomic mass is 32.1. The summed E-state index contributed by atoms with van der Waals surface area (Å²) in [5.74, 6) is -0.112. The van der Waals surface area contributed by atoms with Gasteiger partial charge in [-0.15, -0.1) is 11.3 Å². The van der Waals surface area contributed by atoms with Crippen molar-refractivity contribution in [1.29, 1.82) is 0 Å². The largest absolute Gasteiger partial charge is 0.379 e. The summed E-state index contributed by atoms with van der Waals surface area (Å²) >= 11 is 1.48. The number of amides is 1. The maximum absolute atomic E-state index is 12.3. The van der Waals surface area contributed by atoms with Crippen molar-refractivity contribution in [3.05, 3.63) is 52.3 Å². The van der Waals surface area contributed by atoms with Crippen molar-refractivity contribution in [3.63, 3.8) is 0 Å². The van der Waals surface area contributed by atoms with Crippen LogP contribution in [-0.4, -0.2) is 54.0 Å². The number of Topliss-reactive ketones (excluding diaryl/α,β-unsaturated/α-hetero) is 1. The second kappa shape index (κ2) is 9.55. The fraction of sp³-hybridized carbons (Fsp3) is 0.391. The number of ether oxygens (including phenoxy) is 1. The Morgan fingerprint density at radius 2 is 1.90 bits per heavy atom. The molecule has 1 N–H and O–H groups in total. The Hall–Kier alpha value is -2.48. The molecule has 3 aromatic rings. The number of morpholine rings is 1. The van der Waals surface area contributed by atoms with Gasteiger partial charge in [0, 0.05) is 66.7 Å². The molecular formula is C23H27N3O3S. The van der Waals surface area contributed by atoms with Crippen LogP contribution in [0.1, 0.15) is 27.4 Å². The Balaban J connectivity index is 1.31. The summed E-state index contributed by atoms with van der Waals surface area (Å²) in [5, 5.41) is 4.02. The number of hydrogen-bond donors (Lipinski definition) is 1. The predicted molar refractivity (Wildman–Crippen MR) is 120 cm³/mol. The highest BCUT2D eigenvalue weighted by molar-refractivity contribution is 7.14. The van der Waals surface area contributed by atoms with Gasteiger partial charge in [0.1, 0.15) is 0 Å². The maximum atomic E-state index is 12.3. The van der Waals surface area contributed by atoms with Gasteiger partial charge in [-0.1, -0.05) is 0 Å². The first-order chi connectivity index (χ1) is 14.6. The molecule has 4 rings (SSSR count). The number of benzene rings is 1.